The third-order valence-corrected chi connectivity index (χ3v) is 3.13. The summed E-state index contributed by atoms with van der Waals surface area (Å²) in [5.74, 6) is 0.810. The maximum Gasteiger partial charge on any atom is 0.255 e. The van der Waals surface area contributed by atoms with Gasteiger partial charge in [-0.2, -0.15) is 0 Å². The molecule has 5 heteroatoms. The van der Waals surface area contributed by atoms with Crippen LogP contribution in [0.2, 0.25) is 0 Å². The highest BCUT2D eigenvalue weighted by Crippen LogP contribution is 2.22. The second-order valence-electron chi connectivity index (χ2n) is 4.80. The van der Waals surface area contributed by atoms with Crippen molar-refractivity contribution >= 4 is 5.91 Å². The molecule has 0 fully saturated rings. The van der Waals surface area contributed by atoms with Gasteiger partial charge in [-0.3, -0.25) is 4.79 Å². The van der Waals surface area contributed by atoms with Gasteiger partial charge in [0.1, 0.15) is 23.9 Å². The first kappa shape index (κ1) is 15.7. The molecule has 2 aromatic carbocycles. The number of phenolic OH excluding ortho intramolecular Hbond substituents is 1. The standard InChI is InChI=1S/C17H19NO4/c1-12-3-5-13(6-4-12)22-10-9-18-17(20)15-11-14(21-2)7-8-16(15)19/h3-8,11,19H,9-10H2,1-2H3,(H,18,20). The summed E-state index contributed by atoms with van der Waals surface area (Å²) in [5.41, 5.74) is 1.34. The Morgan fingerprint density at radius 3 is 2.50 bits per heavy atom. The van der Waals surface area contributed by atoms with Crippen molar-refractivity contribution < 1.29 is 19.4 Å². The highest BCUT2D eigenvalue weighted by Gasteiger charge is 2.11. The first-order valence-electron chi connectivity index (χ1n) is 6.95. The number of amides is 1. The molecule has 116 valence electrons. The van der Waals surface area contributed by atoms with Crippen molar-refractivity contribution in [3.63, 3.8) is 0 Å². The summed E-state index contributed by atoms with van der Waals surface area (Å²) in [5, 5.41) is 12.4. The van der Waals surface area contributed by atoms with E-state index in [2.05, 4.69) is 5.32 Å². The molecule has 22 heavy (non-hydrogen) atoms. The minimum atomic E-state index is -0.371. The van der Waals surface area contributed by atoms with Crippen LogP contribution < -0.4 is 14.8 Å². The minimum Gasteiger partial charge on any atom is -0.507 e. The number of aryl methyl sites for hydroxylation is 1. The van der Waals surface area contributed by atoms with E-state index >= 15 is 0 Å². The molecule has 5 nitrogen and oxygen atoms in total. The van der Waals surface area contributed by atoms with Gasteiger partial charge in [0.15, 0.2) is 0 Å². The summed E-state index contributed by atoms with van der Waals surface area (Å²) < 4.78 is 10.6. The van der Waals surface area contributed by atoms with Crippen LogP contribution in [0.3, 0.4) is 0 Å². The molecule has 0 aromatic heterocycles. The fourth-order valence-corrected chi connectivity index (χ4v) is 1.89. The molecule has 0 saturated carbocycles. The van der Waals surface area contributed by atoms with Gasteiger partial charge in [-0.15, -0.1) is 0 Å². The fourth-order valence-electron chi connectivity index (χ4n) is 1.89. The SMILES string of the molecule is COc1ccc(O)c(C(=O)NCCOc2ccc(C)cc2)c1. The number of nitrogens with one attached hydrogen (secondary N) is 1. The average Bonchev–Trinajstić information content (AvgIpc) is 2.53. The van der Waals surface area contributed by atoms with Crippen LogP contribution in [0.5, 0.6) is 17.2 Å². The van der Waals surface area contributed by atoms with E-state index in [1.807, 2.05) is 31.2 Å². The molecule has 0 aliphatic carbocycles. The van der Waals surface area contributed by atoms with Gasteiger partial charge in [-0.25, -0.2) is 0 Å². The van der Waals surface area contributed by atoms with Crippen molar-refractivity contribution in [2.45, 2.75) is 6.92 Å². The number of hydrogen-bond donors (Lipinski definition) is 2. The summed E-state index contributed by atoms with van der Waals surface area (Å²) in [7, 11) is 1.50. The van der Waals surface area contributed by atoms with E-state index in [9.17, 15) is 9.90 Å². The number of ether oxygens (including phenoxy) is 2. The molecule has 0 spiro atoms. The molecule has 1 amide bonds. The van der Waals surface area contributed by atoms with Crippen molar-refractivity contribution in [3.8, 4) is 17.2 Å². The fraction of sp³-hybridized carbons (Fsp3) is 0.235. The molecule has 0 atom stereocenters. The highest BCUT2D eigenvalue weighted by molar-refractivity contribution is 5.97. The van der Waals surface area contributed by atoms with Gasteiger partial charge in [0.05, 0.1) is 19.2 Å². The zero-order chi connectivity index (χ0) is 15.9. The predicted octanol–water partition coefficient (Wildman–Crippen LogP) is 2.52. The molecule has 0 radical (unpaired) electrons. The molecule has 0 unspecified atom stereocenters. The minimum absolute atomic E-state index is 0.0854. The van der Waals surface area contributed by atoms with Gasteiger partial charge in [-0.1, -0.05) is 17.7 Å². The van der Waals surface area contributed by atoms with Gasteiger partial charge >= 0.3 is 0 Å². The number of phenols is 1. The number of aromatic hydroxyl groups is 1. The summed E-state index contributed by atoms with van der Waals surface area (Å²) >= 11 is 0. The third kappa shape index (κ3) is 4.15. The number of carbonyl (C=O) groups excluding carboxylic acids is 1. The van der Waals surface area contributed by atoms with Crippen LogP contribution >= 0.6 is 0 Å². The van der Waals surface area contributed by atoms with Crippen LogP contribution in [-0.2, 0) is 0 Å². The highest BCUT2D eigenvalue weighted by atomic mass is 16.5. The molecule has 0 aliphatic rings. The molecule has 0 heterocycles. The number of carbonyl (C=O) groups is 1. The molecule has 2 rings (SSSR count). The Kier molecular flexibility index (Phi) is 5.25. The van der Waals surface area contributed by atoms with Crippen LogP contribution in [0.1, 0.15) is 15.9 Å². The smallest absolute Gasteiger partial charge is 0.255 e. The van der Waals surface area contributed by atoms with Gasteiger partial charge in [0.2, 0.25) is 0 Å². The van der Waals surface area contributed by atoms with Crippen molar-refractivity contribution in [1.82, 2.24) is 5.32 Å². The van der Waals surface area contributed by atoms with E-state index < -0.39 is 0 Å². The topological polar surface area (TPSA) is 67.8 Å². The summed E-state index contributed by atoms with van der Waals surface area (Å²) in [6.07, 6.45) is 0. The van der Waals surface area contributed by atoms with E-state index in [1.165, 1.54) is 19.2 Å². The van der Waals surface area contributed by atoms with Crippen LogP contribution in [-0.4, -0.2) is 31.3 Å². The first-order valence-corrected chi connectivity index (χ1v) is 6.95. The lowest BCUT2D eigenvalue weighted by molar-refractivity contribution is 0.0944. The van der Waals surface area contributed by atoms with Crippen molar-refractivity contribution in [3.05, 3.63) is 53.6 Å². The van der Waals surface area contributed by atoms with Crippen LogP contribution in [0.4, 0.5) is 0 Å². The van der Waals surface area contributed by atoms with E-state index in [4.69, 9.17) is 9.47 Å². The molecular weight excluding hydrogens is 282 g/mol. The van der Waals surface area contributed by atoms with E-state index in [1.54, 1.807) is 6.07 Å². The van der Waals surface area contributed by atoms with Gasteiger partial charge in [-0.05, 0) is 37.3 Å². The van der Waals surface area contributed by atoms with Gasteiger partial charge in [0.25, 0.3) is 5.91 Å². The second-order valence-corrected chi connectivity index (χ2v) is 4.80. The summed E-state index contributed by atoms with van der Waals surface area (Å²) in [4.78, 5) is 12.0. The Hall–Kier alpha value is -2.69. The Morgan fingerprint density at radius 2 is 1.82 bits per heavy atom. The molecule has 2 N–H and O–H groups in total. The molecule has 0 bridgehead atoms. The number of rotatable bonds is 6. The summed E-state index contributed by atoms with van der Waals surface area (Å²) in [6.45, 7) is 2.69. The lowest BCUT2D eigenvalue weighted by Gasteiger charge is -2.10. The summed E-state index contributed by atoms with van der Waals surface area (Å²) in [6, 6.07) is 12.2. The second kappa shape index (κ2) is 7.36. The Bertz CT molecular complexity index is 638. The number of methoxy groups -OCH3 is 1. The maximum atomic E-state index is 12.0. The van der Waals surface area contributed by atoms with Crippen LogP contribution in [0.25, 0.3) is 0 Å². The molecule has 2 aromatic rings. The Labute approximate surface area is 129 Å². The lowest BCUT2D eigenvalue weighted by Crippen LogP contribution is -2.28. The van der Waals surface area contributed by atoms with E-state index in [0.717, 1.165) is 11.3 Å². The normalized spacial score (nSPS) is 10.1. The zero-order valence-corrected chi connectivity index (χ0v) is 12.6. The Morgan fingerprint density at radius 1 is 1.14 bits per heavy atom. The monoisotopic (exact) mass is 301 g/mol. The predicted molar refractivity (Wildman–Crippen MR) is 83.7 cm³/mol. The molecule has 0 saturated heterocycles. The zero-order valence-electron chi connectivity index (χ0n) is 12.6. The van der Waals surface area contributed by atoms with Gasteiger partial charge < -0.3 is 19.9 Å². The van der Waals surface area contributed by atoms with E-state index in [0.29, 0.717) is 18.9 Å². The lowest BCUT2D eigenvalue weighted by atomic mass is 10.2. The van der Waals surface area contributed by atoms with Crippen LogP contribution in [0, 0.1) is 6.92 Å². The Balaban J connectivity index is 1.84. The maximum absolute atomic E-state index is 12.0. The van der Waals surface area contributed by atoms with Crippen molar-refractivity contribution in [1.29, 1.82) is 0 Å². The number of benzene rings is 2. The quantitative estimate of drug-likeness (QED) is 0.805. The van der Waals surface area contributed by atoms with Gasteiger partial charge in [0, 0.05) is 0 Å². The average molecular weight is 301 g/mol. The third-order valence-electron chi connectivity index (χ3n) is 3.13. The molecule has 0 aliphatic heterocycles. The van der Waals surface area contributed by atoms with E-state index in [-0.39, 0.29) is 17.2 Å². The first-order chi connectivity index (χ1) is 10.6. The van der Waals surface area contributed by atoms with Crippen molar-refractivity contribution in [2.75, 3.05) is 20.3 Å². The number of hydrogen-bond acceptors (Lipinski definition) is 4. The van der Waals surface area contributed by atoms with Crippen LogP contribution in [0.15, 0.2) is 42.5 Å². The molecular formula is C17H19NO4. The largest absolute Gasteiger partial charge is 0.507 e. The van der Waals surface area contributed by atoms with Crippen molar-refractivity contribution in [2.24, 2.45) is 0 Å².